The molecule has 2 unspecified atom stereocenters. The Kier molecular flexibility index (Phi) is 6.54. The summed E-state index contributed by atoms with van der Waals surface area (Å²) in [5, 5.41) is 0.496. The number of nitrogens with zero attached hydrogens (tertiary/aromatic N) is 3. The van der Waals surface area contributed by atoms with Gasteiger partial charge in [0.25, 0.3) is 0 Å². The molecule has 5 rings (SSSR count). The van der Waals surface area contributed by atoms with Gasteiger partial charge in [-0.2, -0.15) is 0 Å². The van der Waals surface area contributed by atoms with Crippen LogP contribution in [0.2, 0.25) is 5.02 Å². The van der Waals surface area contributed by atoms with E-state index in [1.165, 1.54) is 6.07 Å². The topological polar surface area (TPSA) is 65.0 Å². The minimum atomic E-state index is -0.187. The first kappa shape index (κ1) is 23.5. The Morgan fingerprint density at radius 1 is 1.14 bits per heavy atom. The summed E-state index contributed by atoms with van der Waals surface area (Å²) >= 11 is 6.36. The van der Waals surface area contributed by atoms with E-state index < -0.39 is 0 Å². The lowest BCUT2D eigenvalue weighted by Gasteiger charge is -2.22. The number of hydrogen-bond donors (Lipinski definition) is 1. The molecular formula is C27H28ClFN4O2. The molecule has 1 saturated heterocycles. The Bertz CT molecular complexity index is 1360. The summed E-state index contributed by atoms with van der Waals surface area (Å²) in [5.41, 5.74) is 10.6. The second kappa shape index (κ2) is 9.76. The van der Waals surface area contributed by atoms with E-state index in [1.54, 1.807) is 26.4 Å². The molecule has 0 amide bonds. The average molecular weight is 495 g/mol. The zero-order chi connectivity index (χ0) is 24.5. The molecule has 0 saturated carbocycles. The van der Waals surface area contributed by atoms with Crippen molar-refractivity contribution in [3.63, 3.8) is 0 Å². The van der Waals surface area contributed by atoms with Crippen LogP contribution in [0.4, 0.5) is 10.1 Å². The molecule has 0 spiro atoms. The van der Waals surface area contributed by atoms with Crippen LogP contribution >= 0.6 is 11.6 Å². The second-order valence-electron chi connectivity index (χ2n) is 8.92. The zero-order valence-electron chi connectivity index (χ0n) is 19.7. The molecule has 8 heteroatoms. The highest BCUT2D eigenvalue weighted by Gasteiger charge is 2.28. The number of anilines is 1. The van der Waals surface area contributed by atoms with Crippen LogP contribution in [0.1, 0.15) is 12.0 Å². The molecule has 1 fully saturated rings. The molecule has 6 nitrogen and oxygen atoms in total. The molecule has 1 aliphatic rings. The lowest BCUT2D eigenvalue weighted by atomic mass is 9.93. The molecule has 2 N–H and O–H groups in total. The van der Waals surface area contributed by atoms with E-state index in [4.69, 9.17) is 31.8 Å². The number of halogens is 2. The number of ether oxygens (including phenoxy) is 2. The monoisotopic (exact) mass is 494 g/mol. The first-order valence-corrected chi connectivity index (χ1v) is 12.0. The van der Waals surface area contributed by atoms with Gasteiger partial charge in [-0.1, -0.05) is 29.8 Å². The normalized spacial score (nSPS) is 16.6. The molecule has 2 atom stereocenters. The van der Waals surface area contributed by atoms with Crippen LogP contribution in [-0.2, 0) is 6.42 Å². The largest absolute Gasteiger partial charge is 0.496 e. The van der Waals surface area contributed by atoms with E-state index in [2.05, 4.69) is 17.0 Å². The fourth-order valence-electron chi connectivity index (χ4n) is 4.81. The summed E-state index contributed by atoms with van der Waals surface area (Å²) in [6.07, 6.45) is 5.48. The predicted octanol–water partition coefficient (Wildman–Crippen LogP) is 5.21. The summed E-state index contributed by atoms with van der Waals surface area (Å²) in [5.74, 6) is 1.30. The van der Waals surface area contributed by atoms with E-state index in [0.717, 1.165) is 42.1 Å². The molecule has 182 valence electrons. The molecule has 2 aromatic carbocycles. The highest BCUT2D eigenvalue weighted by atomic mass is 35.5. The number of pyridine rings is 1. The van der Waals surface area contributed by atoms with Crippen molar-refractivity contribution in [2.45, 2.75) is 18.9 Å². The maximum Gasteiger partial charge on any atom is 0.141 e. The smallest absolute Gasteiger partial charge is 0.141 e. The first-order valence-electron chi connectivity index (χ1n) is 11.6. The van der Waals surface area contributed by atoms with Gasteiger partial charge in [-0.3, -0.25) is 0 Å². The lowest BCUT2D eigenvalue weighted by Crippen LogP contribution is -2.34. The van der Waals surface area contributed by atoms with Gasteiger partial charge in [0.15, 0.2) is 0 Å². The third-order valence-electron chi connectivity index (χ3n) is 6.80. The molecule has 3 heterocycles. The Morgan fingerprint density at radius 2 is 1.94 bits per heavy atom. The number of fused-ring (bicyclic) bond motifs is 1. The van der Waals surface area contributed by atoms with Crippen molar-refractivity contribution in [2.75, 3.05) is 32.2 Å². The Hall–Kier alpha value is -3.29. The molecule has 4 aromatic rings. The second-order valence-corrected chi connectivity index (χ2v) is 9.32. The van der Waals surface area contributed by atoms with Gasteiger partial charge in [-0.15, -0.1) is 0 Å². The van der Waals surface area contributed by atoms with Gasteiger partial charge < -0.3 is 24.5 Å². The maximum absolute atomic E-state index is 14.1. The minimum absolute atomic E-state index is 0.0917. The third-order valence-corrected chi connectivity index (χ3v) is 7.10. The fraction of sp³-hybridized carbons (Fsp3) is 0.296. The molecular weight excluding hydrogens is 467 g/mol. The van der Waals surface area contributed by atoms with Crippen molar-refractivity contribution in [1.29, 1.82) is 0 Å². The van der Waals surface area contributed by atoms with Crippen LogP contribution in [0.5, 0.6) is 11.5 Å². The lowest BCUT2D eigenvalue weighted by molar-refractivity contribution is 0.395. The minimum Gasteiger partial charge on any atom is -0.496 e. The standard InChI is InChI=1S/C27H28ClFN4O2/c1-34-25-14-26(35-2)21(28)13-20(25)24-16-33-10-8-19(12-27(33)31-24)32-9-7-18(15-32)23(30)11-17-5-3-4-6-22(17)29/h3-6,8,10,12-14,16,18,23H,7,9,11,15,30H2,1-2H3. The van der Waals surface area contributed by atoms with Crippen LogP contribution in [0.3, 0.4) is 0 Å². The van der Waals surface area contributed by atoms with Crippen molar-refractivity contribution in [3.05, 3.63) is 77.3 Å². The Morgan fingerprint density at radius 3 is 2.71 bits per heavy atom. The van der Waals surface area contributed by atoms with Gasteiger partial charge >= 0.3 is 0 Å². The van der Waals surface area contributed by atoms with Crippen molar-refractivity contribution in [1.82, 2.24) is 9.38 Å². The van der Waals surface area contributed by atoms with E-state index >= 15 is 0 Å². The quantitative estimate of drug-likeness (QED) is 0.382. The van der Waals surface area contributed by atoms with Gasteiger partial charge in [-0.05, 0) is 42.5 Å². The van der Waals surface area contributed by atoms with Crippen molar-refractivity contribution < 1.29 is 13.9 Å². The number of methoxy groups -OCH3 is 2. The summed E-state index contributed by atoms with van der Waals surface area (Å²) in [6.45, 7) is 1.74. The number of hydrogen-bond acceptors (Lipinski definition) is 5. The van der Waals surface area contributed by atoms with Gasteiger partial charge in [0.1, 0.15) is 23.0 Å². The Balaban J connectivity index is 1.35. The van der Waals surface area contributed by atoms with Crippen molar-refractivity contribution in [2.24, 2.45) is 11.7 Å². The van der Waals surface area contributed by atoms with E-state index in [-0.39, 0.29) is 11.9 Å². The van der Waals surface area contributed by atoms with E-state index in [9.17, 15) is 4.39 Å². The van der Waals surface area contributed by atoms with Crippen LogP contribution in [-0.4, -0.2) is 42.7 Å². The molecule has 2 aromatic heterocycles. The SMILES string of the molecule is COc1cc(OC)c(-c2cn3ccc(N4CCC(C(N)Cc5ccccc5F)C4)cc3n2)cc1Cl. The highest BCUT2D eigenvalue weighted by molar-refractivity contribution is 6.32. The van der Waals surface area contributed by atoms with Gasteiger partial charge in [0.05, 0.1) is 24.9 Å². The molecule has 0 radical (unpaired) electrons. The van der Waals surface area contributed by atoms with E-state index in [0.29, 0.717) is 34.4 Å². The zero-order valence-corrected chi connectivity index (χ0v) is 20.5. The van der Waals surface area contributed by atoms with Gasteiger partial charge in [0.2, 0.25) is 0 Å². The number of aromatic nitrogens is 2. The number of benzene rings is 2. The van der Waals surface area contributed by atoms with Crippen LogP contribution in [0.15, 0.2) is 60.9 Å². The first-order chi connectivity index (χ1) is 17.0. The molecule has 0 bridgehead atoms. The number of imidazole rings is 1. The van der Waals surface area contributed by atoms with Gasteiger partial charge in [-0.25, -0.2) is 9.37 Å². The fourth-order valence-corrected chi connectivity index (χ4v) is 5.05. The Labute approximate surface area is 209 Å². The van der Waals surface area contributed by atoms with Crippen molar-refractivity contribution in [3.8, 4) is 22.8 Å². The molecule has 1 aliphatic heterocycles. The van der Waals surface area contributed by atoms with Crippen LogP contribution in [0.25, 0.3) is 16.9 Å². The summed E-state index contributed by atoms with van der Waals surface area (Å²) < 4.78 is 26.9. The van der Waals surface area contributed by atoms with Crippen LogP contribution in [0, 0.1) is 11.7 Å². The average Bonchev–Trinajstić information content (AvgIpc) is 3.52. The number of nitrogens with two attached hydrogens (primary N) is 1. The molecule has 35 heavy (non-hydrogen) atoms. The van der Waals surface area contributed by atoms with Crippen molar-refractivity contribution >= 4 is 22.9 Å². The van der Waals surface area contributed by atoms with Gasteiger partial charge in [0, 0.05) is 54.9 Å². The van der Waals surface area contributed by atoms with E-state index in [1.807, 2.05) is 35.0 Å². The predicted molar refractivity (Wildman–Crippen MR) is 137 cm³/mol. The number of rotatable bonds is 7. The molecule has 0 aliphatic carbocycles. The van der Waals surface area contributed by atoms with Crippen LogP contribution < -0.4 is 20.1 Å². The summed E-state index contributed by atoms with van der Waals surface area (Å²) in [7, 11) is 3.18. The third kappa shape index (κ3) is 4.66. The maximum atomic E-state index is 14.1. The summed E-state index contributed by atoms with van der Waals surface area (Å²) in [6, 6.07) is 14.5. The summed E-state index contributed by atoms with van der Waals surface area (Å²) in [4.78, 5) is 7.15. The highest BCUT2D eigenvalue weighted by Crippen LogP contribution is 2.38.